The quantitative estimate of drug-likeness (QED) is 0.769. The van der Waals surface area contributed by atoms with Crippen LogP contribution in [0, 0.1) is 24.4 Å². The zero-order valence-corrected chi connectivity index (χ0v) is 13.3. The molecule has 2 aromatic rings. The average molecular weight is 358 g/mol. The van der Waals surface area contributed by atoms with E-state index in [0.717, 1.165) is 21.7 Å². The Morgan fingerprint density at radius 2 is 1.67 bits per heavy atom. The van der Waals surface area contributed by atoms with Gasteiger partial charge in [-0.05, 0) is 31.2 Å². The lowest BCUT2D eigenvalue weighted by atomic mass is 9.96. The monoisotopic (exact) mass is 357 g/mol. The Bertz CT molecular complexity index is 658. The van der Waals surface area contributed by atoms with Crippen molar-refractivity contribution >= 4 is 15.9 Å². The van der Waals surface area contributed by atoms with Gasteiger partial charge in [0, 0.05) is 16.1 Å². The van der Waals surface area contributed by atoms with Gasteiger partial charge in [0.1, 0.15) is 5.82 Å². The Kier molecular flexibility index (Phi) is 5.06. The van der Waals surface area contributed by atoms with Crippen molar-refractivity contribution in [2.75, 3.05) is 6.54 Å². The van der Waals surface area contributed by atoms with Gasteiger partial charge in [-0.2, -0.15) is 0 Å². The summed E-state index contributed by atoms with van der Waals surface area (Å²) >= 11 is 3.43. The standard InChI is InChI=1S/C16H15BrF3N/c1-3-21-16(10-6-9(2)4-5-12(10)17)11-7-14(19)15(20)8-13(11)18/h4-8,16,21H,3H2,1-2H3. The zero-order chi connectivity index (χ0) is 15.6. The number of halogens is 4. The molecule has 0 aliphatic rings. The van der Waals surface area contributed by atoms with Crippen molar-refractivity contribution in [1.29, 1.82) is 0 Å². The van der Waals surface area contributed by atoms with Gasteiger partial charge >= 0.3 is 0 Å². The predicted molar refractivity (Wildman–Crippen MR) is 80.7 cm³/mol. The van der Waals surface area contributed by atoms with Gasteiger partial charge in [-0.25, -0.2) is 13.2 Å². The maximum atomic E-state index is 14.1. The van der Waals surface area contributed by atoms with Crippen LogP contribution in [-0.2, 0) is 0 Å². The molecule has 112 valence electrons. The fourth-order valence-electron chi connectivity index (χ4n) is 2.24. The summed E-state index contributed by atoms with van der Waals surface area (Å²) < 4.78 is 41.4. The van der Waals surface area contributed by atoms with E-state index in [2.05, 4.69) is 21.2 Å². The highest BCUT2D eigenvalue weighted by atomic mass is 79.9. The Balaban J connectivity index is 2.58. The Hall–Kier alpha value is -1.33. The number of hydrogen-bond donors (Lipinski definition) is 1. The molecular weight excluding hydrogens is 343 g/mol. The van der Waals surface area contributed by atoms with Crippen molar-refractivity contribution in [3.63, 3.8) is 0 Å². The molecule has 0 aliphatic carbocycles. The van der Waals surface area contributed by atoms with Crippen molar-refractivity contribution < 1.29 is 13.2 Å². The lowest BCUT2D eigenvalue weighted by Crippen LogP contribution is -2.24. The van der Waals surface area contributed by atoms with Gasteiger partial charge in [-0.3, -0.25) is 0 Å². The third kappa shape index (κ3) is 3.47. The number of nitrogens with one attached hydrogen (secondary N) is 1. The summed E-state index contributed by atoms with van der Waals surface area (Å²) in [4.78, 5) is 0. The van der Waals surface area contributed by atoms with Gasteiger partial charge in [-0.1, -0.05) is 40.5 Å². The molecule has 0 heterocycles. The number of aryl methyl sites for hydroxylation is 1. The molecule has 0 aliphatic heterocycles. The third-order valence-electron chi connectivity index (χ3n) is 3.22. The first-order valence-corrected chi connectivity index (χ1v) is 7.37. The van der Waals surface area contributed by atoms with E-state index in [1.54, 1.807) is 0 Å². The minimum Gasteiger partial charge on any atom is -0.306 e. The molecule has 1 unspecified atom stereocenters. The smallest absolute Gasteiger partial charge is 0.161 e. The van der Waals surface area contributed by atoms with Crippen LogP contribution in [0.15, 0.2) is 34.8 Å². The largest absolute Gasteiger partial charge is 0.306 e. The van der Waals surface area contributed by atoms with Gasteiger partial charge in [-0.15, -0.1) is 0 Å². The Morgan fingerprint density at radius 3 is 2.33 bits per heavy atom. The highest BCUT2D eigenvalue weighted by molar-refractivity contribution is 9.10. The van der Waals surface area contributed by atoms with E-state index in [1.807, 2.05) is 32.0 Å². The highest BCUT2D eigenvalue weighted by Gasteiger charge is 2.21. The summed E-state index contributed by atoms with van der Waals surface area (Å²) in [5.74, 6) is -3.01. The second-order valence-electron chi connectivity index (χ2n) is 4.80. The summed E-state index contributed by atoms with van der Waals surface area (Å²) in [6.07, 6.45) is 0. The van der Waals surface area contributed by atoms with E-state index >= 15 is 0 Å². The molecule has 0 fully saturated rings. The lowest BCUT2D eigenvalue weighted by Gasteiger charge is -2.21. The molecule has 21 heavy (non-hydrogen) atoms. The first-order valence-electron chi connectivity index (χ1n) is 6.58. The highest BCUT2D eigenvalue weighted by Crippen LogP contribution is 2.31. The molecule has 1 atom stereocenters. The number of hydrogen-bond acceptors (Lipinski definition) is 1. The van der Waals surface area contributed by atoms with Crippen LogP contribution in [0.4, 0.5) is 13.2 Å². The molecule has 2 rings (SSSR count). The van der Waals surface area contributed by atoms with Gasteiger partial charge in [0.15, 0.2) is 11.6 Å². The Morgan fingerprint density at radius 1 is 1.00 bits per heavy atom. The van der Waals surface area contributed by atoms with E-state index in [1.165, 1.54) is 0 Å². The second kappa shape index (κ2) is 6.62. The molecule has 0 amide bonds. The fourth-order valence-corrected chi connectivity index (χ4v) is 2.71. The minimum atomic E-state index is -1.19. The fraction of sp³-hybridized carbons (Fsp3) is 0.250. The van der Waals surface area contributed by atoms with Crippen LogP contribution in [0.5, 0.6) is 0 Å². The molecule has 1 nitrogen and oxygen atoms in total. The summed E-state index contributed by atoms with van der Waals surface area (Å²) in [6.45, 7) is 4.35. The molecule has 1 N–H and O–H groups in total. The molecular formula is C16H15BrF3N. The summed E-state index contributed by atoms with van der Waals surface area (Å²) in [5, 5.41) is 3.11. The minimum absolute atomic E-state index is 0.0852. The maximum Gasteiger partial charge on any atom is 0.161 e. The van der Waals surface area contributed by atoms with Gasteiger partial charge in [0.05, 0.1) is 6.04 Å². The van der Waals surface area contributed by atoms with E-state index < -0.39 is 23.5 Å². The van der Waals surface area contributed by atoms with Crippen LogP contribution in [0.3, 0.4) is 0 Å². The first kappa shape index (κ1) is 16.0. The topological polar surface area (TPSA) is 12.0 Å². The van der Waals surface area contributed by atoms with Crippen molar-refractivity contribution in [2.24, 2.45) is 0 Å². The molecule has 0 spiro atoms. The van der Waals surface area contributed by atoms with E-state index in [0.29, 0.717) is 12.6 Å². The van der Waals surface area contributed by atoms with Crippen LogP contribution in [-0.4, -0.2) is 6.54 Å². The van der Waals surface area contributed by atoms with E-state index in [4.69, 9.17) is 0 Å². The van der Waals surface area contributed by atoms with Crippen LogP contribution in [0.1, 0.15) is 29.7 Å². The first-order chi connectivity index (χ1) is 9.93. The molecule has 5 heteroatoms. The van der Waals surface area contributed by atoms with Gasteiger partial charge in [0.25, 0.3) is 0 Å². The summed E-state index contributed by atoms with van der Waals surface area (Å²) in [6, 6.07) is 6.59. The molecule has 0 saturated carbocycles. The average Bonchev–Trinajstić information content (AvgIpc) is 2.43. The number of benzene rings is 2. The predicted octanol–water partition coefficient (Wildman–Crippen LogP) is 4.87. The summed E-state index contributed by atoms with van der Waals surface area (Å²) in [7, 11) is 0. The normalized spacial score (nSPS) is 12.5. The second-order valence-corrected chi connectivity index (χ2v) is 5.66. The van der Waals surface area contributed by atoms with E-state index in [-0.39, 0.29) is 5.56 Å². The molecule has 0 bridgehead atoms. The molecule has 2 aromatic carbocycles. The lowest BCUT2D eigenvalue weighted by molar-refractivity contribution is 0.481. The van der Waals surface area contributed by atoms with Gasteiger partial charge < -0.3 is 5.32 Å². The van der Waals surface area contributed by atoms with Gasteiger partial charge in [0.2, 0.25) is 0 Å². The third-order valence-corrected chi connectivity index (χ3v) is 3.94. The van der Waals surface area contributed by atoms with E-state index in [9.17, 15) is 13.2 Å². The van der Waals surface area contributed by atoms with Crippen molar-refractivity contribution in [3.8, 4) is 0 Å². The maximum absolute atomic E-state index is 14.1. The van der Waals surface area contributed by atoms with Crippen LogP contribution < -0.4 is 5.32 Å². The van der Waals surface area contributed by atoms with Crippen LogP contribution in [0.25, 0.3) is 0 Å². The molecule has 0 aromatic heterocycles. The van der Waals surface area contributed by atoms with Crippen molar-refractivity contribution in [2.45, 2.75) is 19.9 Å². The zero-order valence-electron chi connectivity index (χ0n) is 11.7. The molecule has 0 radical (unpaired) electrons. The van der Waals surface area contributed by atoms with Crippen molar-refractivity contribution in [3.05, 3.63) is 68.9 Å². The number of rotatable bonds is 4. The van der Waals surface area contributed by atoms with Crippen LogP contribution >= 0.6 is 15.9 Å². The van der Waals surface area contributed by atoms with Crippen molar-refractivity contribution in [1.82, 2.24) is 5.32 Å². The SMILES string of the molecule is CCNC(c1cc(F)c(F)cc1F)c1cc(C)ccc1Br. The molecule has 0 saturated heterocycles. The summed E-state index contributed by atoms with van der Waals surface area (Å²) in [5.41, 5.74) is 1.86. The Labute approximate surface area is 130 Å². The van der Waals surface area contributed by atoms with Crippen LogP contribution in [0.2, 0.25) is 0 Å².